The lowest BCUT2D eigenvalue weighted by Gasteiger charge is -2.24. The lowest BCUT2D eigenvalue weighted by molar-refractivity contribution is -0.130. The number of benzene rings is 1. The summed E-state index contributed by atoms with van der Waals surface area (Å²) in [6.07, 6.45) is 2.12. The zero-order valence-corrected chi connectivity index (χ0v) is 11.5. The average molecular weight is 283 g/mol. The zero-order valence-electron chi connectivity index (χ0n) is 9.93. The number of nitrogens with zero attached hydrogens (tertiary/aromatic N) is 1. The van der Waals surface area contributed by atoms with Crippen molar-refractivity contribution in [1.82, 2.24) is 4.90 Å². The molecule has 18 heavy (non-hydrogen) atoms. The minimum Gasteiger partial charge on any atom is -0.392 e. The van der Waals surface area contributed by atoms with Crippen molar-refractivity contribution in [2.24, 2.45) is 5.73 Å². The molecule has 1 fully saturated rings. The molecule has 1 saturated heterocycles. The number of nitrogens with two attached hydrogens (primary N) is 1. The summed E-state index contributed by atoms with van der Waals surface area (Å²) in [5.41, 5.74) is 6.51. The topological polar surface area (TPSA) is 46.3 Å². The van der Waals surface area contributed by atoms with Gasteiger partial charge < -0.3 is 10.6 Å². The number of hydrogen-bond acceptors (Lipinski definition) is 2. The molecule has 0 saturated carbocycles. The van der Waals surface area contributed by atoms with Gasteiger partial charge >= 0.3 is 0 Å². The van der Waals surface area contributed by atoms with Crippen LogP contribution in [0, 0.1) is 0 Å². The first-order valence-electron chi connectivity index (χ1n) is 5.92. The van der Waals surface area contributed by atoms with Crippen LogP contribution < -0.4 is 5.73 Å². The molecule has 0 bridgehead atoms. The molecule has 1 atom stereocenters. The smallest absolute Gasteiger partial charge is 0.227 e. The summed E-state index contributed by atoms with van der Waals surface area (Å²) in [5.74, 6) is 0.0402. The Hall–Kier alpha value is -1.13. The average Bonchev–Trinajstić information content (AvgIpc) is 2.81. The molecule has 0 aliphatic carbocycles. The fourth-order valence-electron chi connectivity index (χ4n) is 2.27. The highest BCUT2D eigenvalue weighted by Gasteiger charge is 2.30. The van der Waals surface area contributed by atoms with Crippen molar-refractivity contribution in [3.8, 4) is 0 Å². The molecule has 1 amide bonds. The molecular weight excluding hydrogens is 268 g/mol. The van der Waals surface area contributed by atoms with Gasteiger partial charge in [0.05, 0.1) is 17.5 Å². The molecule has 0 aromatic heterocycles. The van der Waals surface area contributed by atoms with Crippen LogP contribution in [0.1, 0.15) is 18.4 Å². The summed E-state index contributed by atoms with van der Waals surface area (Å²) in [4.78, 5) is 14.4. The molecule has 96 valence electrons. The Morgan fingerprint density at radius 1 is 1.50 bits per heavy atom. The third-order valence-corrected chi connectivity index (χ3v) is 3.84. The molecule has 1 aromatic rings. The molecular formula is C13H15ClN2OS. The van der Waals surface area contributed by atoms with Crippen molar-refractivity contribution < 1.29 is 4.79 Å². The standard InChI is InChI=1S/C13H15ClN2OS/c14-10-5-2-1-4-9(10)8-12(17)16-7-3-6-11(16)13(15)18/h1-2,4-5,11H,3,6-8H2,(H2,15,18). The van der Waals surface area contributed by atoms with Crippen molar-refractivity contribution >= 4 is 34.7 Å². The van der Waals surface area contributed by atoms with E-state index in [-0.39, 0.29) is 11.9 Å². The number of halogens is 1. The number of carbonyl (C=O) groups is 1. The number of amides is 1. The van der Waals surface area contributed by atoms with Gasteiger partial charge in [-0.25, -0.2) is 0 Å². The van der Waals surface area contributed by atoms with Crippen molar-refractivity contribution in [2.75, 3.05) is 6.54 Å². The second kappa shape index (κ2) is 5.67. The monoisotopic (exact) mass is 282 g/mol. The van der Waals surface area contributed by atoms with Crippen LogP contribution in [0.5, 0.6) is 0 Å². The minimum absolute atomic E-state index is 0.0402. The van der Waals surface area contributed by atoms with E-state index in [0.29, 0.717) is 16.4 Å². The molecule has 2 rings (SSSR count). The molecule has 0 spiro atoms. The minimum atomic E-state index is -0.0880. The first-order chi connectivity index (χ1) is 8.59. The van der Waals surface area contributed by atoms with E-state index in [1.165, 1.54) is 0 Å². The lowest BCUT2D eigenvalue weighted by Crippen LogP contribution is -2.43. The Balaban J connectivity index is 2.08. The zero-order chi connectivity index (χ0) is 13.1. The maximum absolute atomic E-state index is 12.2. The molecule has 0 radical (unpaired) electrons. The SMILES string of the molecule is NC(=S)C1CCCN1C(=O)Cc1ccccc1Cl. The van der Waals surface area contributed by atoms with Gasteiger partial charge in [0.15, 0.2) is 0 Å². The van der Waals surface area contributed by atoms with Crippen LogP contribution in [0.4, 0.5) is 0 Å². The molecule has 1 aliphatic rings. The second-order valence-corrected chi connectivity index (χ2v) is 5.29. The number of likely N-dealkylation sites (tertiary alicyclic amines) is 1. The van der Waals surface area contributed by atoms with Crippen LogP contribution in [0.3, 0.4) is 0 Å². The quantitative estimate of drug-likeness (QED) is 0.864. The van der Waals surface area contributed by atoms with Crippen molar-refractivity contribution in [1.29, 1.82) is 0 Å². The van der Waals surface area contributed by atoms with E-state index >= 15 is 0 Å². The highest BCUT2D eigenvalue weighted by Crippen LogP contribution is 2.21. The predicted octanol–water partition coefficient (Wildman–Crippen LogP) is 2.16. The number of thiocarbonyl (C=S) groups is 1. The summed E-state index contributed by atoms with van der Waals surface area (Å²) in [6.45, 7) is 0.727. The highest BCUT2D eigenvalue weighted by molar-refractivity contribution is 7.80. The van der Waals surface area contributed by atoms with Crippen LogP contribution in [0.15, 0.2) is 24.3 Å². The third kappa shape index (κ3) is 2.82. The molecule has 1 heterocycles. The first kappa shape index (κ1) is 13.3. The van der Waals surface area contributed by atoms with Crippen LogP contribution in [0.25, 0.3) is 0 Å². The van der Waals surface area contributed by atoms with Gasteiger partial charge in [0.1, 0.15) is 0 Å². The van der Waals surface area contributed by atoms with E-state index in [1.54, 1.807) is 11.0 Å². The fourth-order valence-corrected chi connectivity index (χ4v) is 2.71. The summed E-state index contributed by atoms with van der Waals surface area (Å²) >= 11 is 11.1. The second-order valence-electron chi connectivity index (χ2n) is 4.42. The first-order valence-corrected chi connectivity index (χ1v) is 6.70. The molecule has 3 nitrogen and oxygen atoms in total. The summed E-state index contributed by atoms with van der Waals surface area (Å²) < 4.78 is 0. The number of rotatable bonds is 3. The normalized spacial score (nSPS) is 18.9. The number of carbonyl (C=O) groups excluding carboxylic acids is 1. The Labute approximate surface area is 117 Å². The van der Waals surface area contributed by atoms with Gasteiger partial charge in [0.25, 0.3) is 0 Å². The van der Waals surface area contributed by atoms with E-state index < -0.39 is 0 Å². The van der Waals surface area contributed by atoms with Crippen LogP contribution in [0.2, 0.25) is 5.02 Å². The van der Waals surface area contributed by atoms with Gasteiger partial charge in [-0.3, -0.25) is 4.79 Å². The maximum Gasteiger partial charge on any atom is 0.227 e. The Morgan fingerprint density at radius 3 is 2.89 bits per heavy atom. The predicted molar refractivity (Wildman–Crippen MR) is 76.7 cm³/mol. The Bertz CT molecular complexity index is 478. The van der Waals surface area contributed by atoms with Gasteiger partial charge in [0, 0.05) is 11.6 Å². The van der Waals surface area contributed by atoms with Crippen molar-refractivity contribution in [3.05, 3.63) is 34.9 Å². The van der Waals surface area contributed by atoms with Gasteiger partial charge in [-0.15, -0.1) is 0 Å². The molecule has 2 N–H and O–H groups in total. The van der Waals surface area contributed by atoms with E-state index in [9.17, 15) is 4.79 Å². The van der Waals surface area contributed by atoms with E-state index in [0.717, 1.165) is 24.9 Å². The van der Waals surface area contributed by atoms with Gasteiger partial charge in [-0.2, -0.15) is 0 Å². The van der Waals surface area contributed by atoms with E-state index in [4.69, 9.17) is 29.6 Å². The Morgan fingerprint density at radius 2 is 2.22 bits per heavy atom. The lowest BCUT2D eigenvalue weighted by atomic mass is 10.1. The summed E-state index contributed by atoms with van der Waals surface area (Å²) in [5, 5.41) is 0.622. The van der Waals surface area contributed by atoms with Crippen LogP contribution >= 0.6 is 23.8 Å². The van der Waals surface area contributed by atoms with Crippen molar-refractivity contribution in [3.63, 3.8) is 0 Å². The third-order valence-electron chi connectivity index (χ3n) is 3.20. The van der Waals surface area contributed by atoms with E-state index in [1.807, 2.05) is 18.2 Å². The molecule has 1 unspecified atom stereocenters. The van der Waals surface area contributed by atoms with Crippen LogP contribution in [-0.2, 0) is 11.2 Å². The van der Waals surface area contributed by atoms with E-state index in [2.05, 4.69) is 0 Å². The highest BCUT2D eigenvalue weighted by atomic mass is 35.5. The van der Waals surface area contributed by atoms with Crippen LogP contribution in [-0.4, -0.2) is 28.4 Å². The molecule has 5 heteroatoms. The molecule has 1 aliphatic heterocycles. The Kier molecular flexibility index (Phi) is 4.19. The largest absolute Gasteiger partial charge is 0.392 e. The van der Waals surface area contributed by atoms with Gasteiger partial charge in [-0.1, -0.05) is 42.0 Å². The summed E-state index contributed by atoms with van der Waals surface area (Å²) in [7, 11) is 0. The van der Waals surface area contributed by atoms with Gasteiger partial charge in [-0.05, 0) is 24.5 Å². The molecule has 1 aromatic carbocycles. The van der Waals surface area contributed by atoms with Gasteiger partial charge in [0.2, 0.25) is 5.91 Å². The maximum atomic E-state index is 12.2. The number of hydrogen-bond donors (Lipinski definition) is 1. The fraction of sp³-hybridized carbons (Fsp3) is 0.385. The summed E-state index contributed by atoms with van der Waals surface area (Å²) in [6, 6.07) is 7.30. The van der Waals surface area contributed by atoms with Crippen molar-refractivity contribution in [2.45, 2.75) is 25.3 Å².